The van der Waals surface area contributed by atoms with Crippen molar-refractivity contribution in [2.45, 2.75) is 12.6 Å². The van der Waals surface area contributed by atoms with Gasteiger partial charge in [0.15, 0.2) is 0 Å². The van der Waals surface area contributed by atoms with Crippen LogP contribution in [0.2, 0.25) is 0 Å². The third-order valence-corrected chi connectivity index (χ3v) is 4.05. The van der Waals surface area contributed by atoms with Gasteiger partial charge in [-0.3, -0.25) is 15.0 Å². The molecule has 0 bridgehead atoms. The molecule has 3 amide bonds. The van der Waals surface area contributed by atoms with Crippen molar-refractivity contribution in [3.63, 3.8) is 0 Å². The molecule has 0 atom stereocenters. The second kappa shape index (κ2) is 8.19. The number of nitrogens with zero attached hydrogens (tertiary/aromatic N) is 2. The number of imide groups is 1. The van der Waals surface area contributed by atoms with Crippen LogP contribution in [0.3, 0.4) is 0 Å². The molecule has 25 heavy (non-hydrogen) atoms. The van der Waals surface area contributed by atoms with Gasteiger partial charge in [0.2, 0.25) is 5.91 Å². The maximum atomic E-state index is 12.8. The van der Waals surface area contributed by atoms with Crippen LogP contribution < -0.4 is 15.5 Å². The summed E-state index contributed by atoms with van der Waals surface area (Å²) >= 11 is 0. The number of hydrogen-bond acceptors (Lipinski definition) is 4. The maximum absolute atomic E-state index is 12.8. The molecule has 1 aliphatic rings. The fraction of sp³-hybridized carbons (Fsp3) is 0.500. The molecule has 2 rings (SSSR count). The van der Waals surface area contributed by atoms with E-state index < -0.39 is 17.8 Å². The zero-order chi connectivity index (χ0) is 18.4. The van der Waals surface area contributed by atoms with E-state index >= 15 is 0 Å². The first kappa shape index (κ1) is 19.0. The van der Waals surface area contributed by atoms with E-state index in [0.717, 1.165) is 12.1 Å². The van der Waals surface area contributed by atoms with E-state index in [1.54, 1.807) is 6.07 Å². The molecular formula is C16H21F3N4O2. The highest BCUT2D eigenvalue weighted by Gasteiger charge is 2.31. The van der Waals surface area contributed by atoms with Gasteiger partial charge in [-0.2, -0.15) is 13.2 Å². The van der Waals surface area contributed by atoms with Gasteiger partial charge in [0, 0.05) is 51.9 Å². The number of carbonyl (C=O) groups is 2. The third-order valence-electron chi connectivity index (χ3n) is 4.05. The molecule has 0 radical (unpaired) electrons. The average molecular weight is 358 g/mol. The summed E-state index contributed by atoms with van der Waals surface area (Å²) in [6, 6.07) is 4.76. The summed E-state index contributed by atoms with van der Waals surface area (Å²) in [7, 11) is 1.43. The van der Waals surface area contributed by atoms with Crippen LogP contribution in [-0.2, 0) is 11.0 Å². The fourth-order valence-electron chi connectivity index (χ4n) is 2.62. The maximum Gasteiger partial charge on any atom is 0.416 e. The highest BCUT2D eigenvalue weighted by atomic mass is 19.4. The lowest BCUT2D eigenvalue weighted by atomic mass is 10.1. The topological polar surface area (TPSA) is 64.7 Å². The molecule has 0 unspecified atom stereocenters. The fourth-order valence-corrected chi connectivity index (χ4v) is 2.62. The molecular weight excluding hydrogens is 337 g/mol. The molecule has 1 saturated heterocycles. The Kier molecular flexibility index (Phi) is 6.24. The number of piperazine rings is 1. The summed E-state index contributed by atoms with van der Waals surface area (Å²) in [6.07, 6.45) is -4.16. The molecule has 6 nitrogen and oxygen atoms in total. The largest absolute Gasteiger partial charge is 0.416 e. The lowest BCUT2D eigenvalue weighted by molar-refractivity contribution is -0.137. The Morgan fingerprint density at radius 2 is 1.84 bits per heavy atom. The van der Waals surface area contributed by atoms with Crippen molar-refractivity contribution in [3.8, 4) is 0 Å². The van der Waals surface area contributed by atoms with Gasteiger partial charge in [-0.05, 0) is 18.2 Å². The Morgan fingerprint density at radius 1 is 1.16 bits per heavy atom. The van der Waals surface area contributed by atoms with Crippen molar-refractivity contribution in [1.82, 2.24) is 15.5 Å². The first-order chi connectivity index (χ1) is 11.8. The summed E-state index contributed by atoms with van der Waals surface area (Å²) in [6.45, 7) is 2.95. The van der Waals surface area contributed by atoms with E-state index in [1.807, 2.05) is 9.80 Å². The number of halogens is 3. The van der Waals surface area contributed by atoms with Gasteiger partial charge in [0.05, 0.1) is 5.56 Å². The van der Waals surface area contributed by atoms with Crippen molar-refractivity contribution in [2.75, 3.05) is 44.7 Å². The van der Waals surface area contributed by atoms with Gasteiger partial charge in [-0.1, -0.05) is 6.07 Å². The highest BCUT2D eigenvalue weighted by Crippen LogP contribution is 2.31. The Labute approximate surface area is 144 Å². The molecule has 138 valence electrons. The normalized spacial score (nSPS) is 15.8. The van der Waals surface area contributed by atoms with Gasteiger partial charge in [-0.25, -0.2) is 4.79 Å². The Morgan fingerprint density at radius 3 is 2.44 bits per heavy atom. The number of amides is 3. The summed E-state index contributed by atoms with van der Waals surface area (Å²) in [4.78, 5) is 26.5. The monoisotopic (exact) mass is 358 g/mol. The van der Waals surface area contributed by atoms with Crippen molar-refractivity contribution in [3.05, 3.63) is 29.8 Å². The second-order valence-corrected chi connectivity index (χ2v) is 5.75. The molecule has 1 fully saturated rings. The number of benzene rings is 1. The third kappa shape index (κ3) is 5.63. The summed E-state index contributed by atoms with van der Waals surface area (Å²) in [5, 5.41) is 4.49. The van der Waals surface area contributed by atoms with Crippen LogP contribution in [0.1, 0.15) is 12.0 Å². The van der Waals surface area contributed by atoms with Gasteiger partial charge in [-0.15, -0.1) is 0 Å². The average Bonchev–Trinajstić information content (AvgIpc) is 2.59. The van der Waals surface area contributed by atoms with Gasteiger partial charge in [0.25, 0.3) is 0 Å². The molecule has 0 spiro atoms. The Balaban J connectivity index is 1.82. The molecule has 1 aromatic rings. The quantitative estimate of drug-likeness (QED) is 0.860. The standard InChI is InChI=1S/C16H21F3N4O2/c1-20-15(25)21-14(24)5-6-22-7-9-23(10-8-22)13-4-2-3-12(11-13)16(17,18)19/h2-4,11H,5-10H2,1H3,(H2,20,21,24,25). The number of rotatable bonds is 4. The molecule has 2 N–H and O–H groups in total. The lowest BCUT2D eigenvalue weighted by Crippen LogP contribution is -2.47. The van der Waals surface area contributed by atoms with Gasteiger partial charge < -0.3 is 10.2 Å². The zero-order valence-electron chi connectivity index (χ0n) is 13.9. The Bertz CT molecular complexity index is 614. The van der Waals surface area contributed by atoms with Crippen LogP contribution in [0, 0.1) is 0 Å². The van der Waals surface area contributed by atoms with Gasteiger partial charge >= 0.3 is 12.2 Å². The SMILES string of the molecule is CNC(=O)NC(=O)CCN1CCN(c2cccc(C(F)(F)F)c2)CC1. The van der Waals surface area contributed by atoms with E-state index in [-0.39, 0.29) is 12.3 Å². The van der Waals surface area contributed by atoms with E-state index in [2.05, 4.69) is 10.6 Å². The lowest BCUT2D eigenvalue weighted by Gasteiger charge is -2.36. The highest BCUT2D eigenvalue weighted by molar-refractivity contribution is 5.94. The minimum absolute atomic E-state index is 0.191. The molecule has 1 heterocycles. The van der Waals surface area contributed by atoms with Crippen LogP contribution in [0.5, 0.6) is 0 Å². The van der Waals surface area contributed by atoms with Crippen LogP contribution in [0.4, 0.5) is 23.7 Å². The number of hydrogen-bond donors (Lipinski definition) is 2. The molecule has 0 aliphatic carbocycles. The van der Waals surface area contributed by atoms with E-state index in [9.17, 15) is 22.8 Å². The number of nitrogens with one attached hydrogen (secondary N) is 2. The van der Waals surface area contributed by atoms with E-state index in [4.69, 9.17) is 0 Å². The van der Waals surface area contributed by atoms with E-state index in [1.165, 1.54) is 13.1 Å². The van der Waals surface area contributed by atoms with Crippen LogP contribution in [-0.4, -0.2) is 56.6 Å². The van der Waals surface area contributed by atoms with Crippen molar-refractivity contribution >= 4 is 17.6 Å². The minimum Gasteiger partial charge on any atom is -0.369 e. The van der Waals surface area contributed by atoms with Crippen molar-refractivity contribution < 1.29 is 22.8 Å². The number of urea groups is 1. The van der Waals surface area contributed by atoms with E-state index in [0.29, 0.717) is 38.4 Å². The summed E-state index contributed by atoms with van der Waals surface area (Å²) in [5.74, 6) is -0.361. The first-order valence-electron chi connectivity index (χ1n) is 7.95. The molecule has 0 aromatic heterocycles. The second-order valence-electron chi connectivity index (χ2n) is 5.75. The number of anilines is 1. The molecule has 9 heteroatoms. The van der Waals surface area contributed by atoms with Crippen molar-refractivity contribution in [2.24, 2.45) is 0 Å². The summed E-state index contributed by atoms with van der Waals surface area (Å²) in [5.41, 5.74) is -0.106. The van der Waals surface area contributed by atoms with Crippen LogP contribution in [0.15, 0.2) is 24.3 Å². The van der Waals surface area contributed by atoms with Gasteiger partial charge in [0.1, 0.15) is 0 Å². The van der Waals surface area contributed by atoms with Crippen LogP contribution in [0.25, 0.3) is 0 Å². The predicted molar refractivity (Wildman–Crippen MR) is 87.3 cm³/mol. The smallest absolute Gasteiger partial charge is 0.369 e. The summed E-state index contributed by atoms with van der Waals surface area (Å²) < 4.78 is 38.4. The Hall–Kier alpha value is -2.29. The molecule has 1 aromatic carbocycles. The predicted octanol–water partition coefficient (Wildman–Crippen LogP) is 1.67. The number of alkyl halides is 3. The minimum atomic E-state index is -4.35. The number of carbonyl (C=O) groups excluding carboxylic acids is 2. The van der Waals surface area contributed by atoms with Crippen molar-refractivity contribution in [1.29, 1.82) is 0 Å². The van der Waals surface area contributed by atoms with Crippen LogP contribution >= 0.6 is 0 Å². The molecule has 0 saturated carbocycles. The molecule has 1 aliphatic heterocycles. The first-order valence-corrected chi connectivity index (χ1v) is 7.95. The zero-order valence-corrected chi connectivity index (χ0v) is 13.9.